The molecule has 4 rings (SSSR count). The number of amides is 1. The minimum atomic E-state index is -3.70. The van der Waals surface area contributed by atoms with Crippen LogP contribution in [0.5, 0.6) is 0 Å². The Kier molecular flexibility index (Phi) is 6.16. The van der Waals surface area contributed by atoms with Crippen molar-refractivity contribution in [1.29, 1.82) is 0 Å². The van der Waals surface area contributed by atoms with Gasteiger partial charge in [0.15, 0.2) is 10.8 Å². The summed E-state index contributed by atoms with van der Waals surface area (Å²) in [5.74, 6) is -0.112. The Hall–Kier alpha value is -3.02. The first-order valence-electron chi connectivity index (χ1n) is 9.77. The average molecular weight is 459 g/mol. The van der Waals surface area contributed by atoms with E-state index in [9.17, 15) is 13.2 Å². The highest BCUT2D eigenvalue weighted by Gasteiger charge is 2.31. The van der Waals surface area contributed by atoms with Gasteiger partial charge >= 0.3 is 0 Å². The number of nitrogens with two attached hydrogens (primary N) is 1. The van der Waals surface area contributed by atoms with Crippen LogP contribution in [0.4, 0.5) is 16.0 Å². The third kappa shape index (κ3) is 4.84. The lowest BCUT2D eigenvalue weighted by Gasteiger charge is -2.35. The molecule has 3 aromatic rings. The number of nitrogens with zero attached hydrogens (tertiary/aromatic N) is 3. The molecule has 1 unspecified atom stereocenters. The fraction of sp³-hybridized carbons (Fsp3) is 0.250. The maximum absolute atomic E-state index is 12.8. The Labute approximate surface area is 184 Å². The quantitative estimate of drug-likeness (QED) is 0.496. The summed E-state index contributed by atoms with van der Waals surface area (Å²) in [6, 6.07) is 13.6. The van der Waals surface area contributed by atoms with Gasteiger partial charge in [-0.2, -0.15) is 4.72 Å². The van der Waals surface area contributed by atoms with Crippen LogP contribution in [0.3, 0.4) is 0 Å². The smallest absolute Gasteiger partial charge is 0.270 e. The monoisotopic (exact) mass is 458 g/mol. The van der Waals surface area contributed by atoms with Gasteiger partial charge in [-0.1, -0.05) is 35.6 Å². The molecule has 1 saturated heterocycles. The minimum Gasteiger partial charge on any atom is -0.364 e. The molecule has 11 heteroatoms. The van der Waals surface area contributed by atoms with Crippen molar-refractivity contribution in [3.05, 3.63) is 60.4 Å². The second kappa shape index (κ2) is 9.00. The number of piperidine rings is 1. The van der Waals surface area contributed by atoms with Crippen LogP contribution in [0.25, 0.3) is 0 Å². The van der Waals surface area contributed by atoms with E-state index in [-0.39, 0.29) is 10.6 Å². The standard InChI is InChI=1S/C20H22N6O3S2/c21-18(27)17-19(23-15-10-4-6-12-22-15)30-20(24-17)26-13-7-5-11-16(26)25-31(28,29)14-8-2-1-3-9-14/h1-4,6,8-10,12,16,25H,5,7,11,13H2,(H2,21,27)(H,22,23). The molecule has 9 nitrogen and oxygen atoms in total. The number of sulfonamides is 1. The first kappa shape index (κ1) is 21.2. The van der Waals surface area contributed by atoms with Crippen molar-refractivity contribution >= 4 is 43.2 Å². The maximum atomic E-state index is 12.8. The van der Waals surface area contributed by atoms with Crippen molar-refractivity contribution in [1.82, 2.24) is 14.7 Å². The number of anilines is 3. The van der Waals surface area contributed by atoms with Crippen molar-refractivity contribution in [2.45, 2.75) is 30.3 Å². The van der Waals surface area contributed by atoms with E-state index in [2.05, 4.69) is 20.0 Å². The van der Waals surface area contributed by atoms with E-state index in [0.29, 0.717) is 28.9 Å². The van der Waals surface area contributed by atoms with E-state index in [4.69, 9.17) is 5.73 Å². The molecule has 0 radical (unpaired) electrons. The normalized spacial score (nSPS) is 16.8. The van der Waals surface area contributed by atoms with Crippen LogP contribution in [0.1, 0.15) is 29.8 Å². The van der Waals surface area contributed by atoms with Crippen LogP contribution in [0, 0.1) is 0 Å². The number of rotatable bonds is 7. The molecule has 1 aliphatic rings. The van der Waals surface area contributed by atoms with Crippen molar-refractivity contribution in [3.63, 3.8) is 0 Å². The first-order chi connectivity index (χ1) is 14.9. The maximum Gasteiger partial charge on any atom is 0.270 e. The van der Waals surface area contributed by atoms with Gasteiger partial charge in [0, 0.05) is 12.7 Å². The Bertz CT molecular complexity index is 1150. The highest BCUT2D eigenvalue weighted by atomic mass is 32.2. The summed E-state index contributed by atoms with van der Waals surface area (Å²) in [5.41, 5.74) is 5.64. The van der Waals surface area contributed by atoms with Crippen LogP contribution in [0.15, 0.2) is 59.6 Å². The van der Waals surface area contributed by atoms with E-state index >= 15 is 0 Å². The lowest BCUT2D eigenvalue weighted by atomic mass is 10.1. The molecule has 1 amide bonds. The van der Waals surface area contributed by atoms with E-state index in [1.54, 1.807) is 48.7 Å². The van der Waals surface area contributed by atoms with Crippen molar-refractivity contribution in [2.75, 3.05) is 16.8 Å². The first-order valence-corrected chi connectivity index (χ1v) is 12.1. The van der Waals surface area contributed by atoms with Crippen LogP contribution in [-0.4, -0.2) is 37.0 Å². The third-order valence-electron chi connectivity index (χ3n) is 4.85. The van der Waals surface area contributed by atoms with Gasteiger partial charge in [-0.15, -0.1) is 0 Å². The Morgan fingerprint density at radius 2 is 1.90 bits per heavy atom. The molecular weight excluding hydrogens is 436 g/mol. The Morgan fingerprint density at radius 3 is 2.61 bits per heavy atom. The number of benzene rings is 1. The number of thiazole rings is 1. The van der Waals surface area contributed by atoms with E-state index in [1.807, 2.05) is 11.0 Å². The average Bonchev–Trinajstić information content (AvgIpc) is 3.19. The van der Waals surface area contributed by atoms with Gasteiger partial charge in [0.05, 0.1) is 11.1 Å². The van der Waals surface area contributed by atoms with Crippen LogP contribution < -0.4 is 20.7 Å². The fourth-order valence-electron chi connectivity index (χ4n) is 3.37. The molecule has 3 heterocycles. The molecule has 0 saturated carbocycles. The van der Waals surface area contributed by atoms with E-state index < -0.39 is 22.1 Å². The van der Waals surface area contributed by atoms with Crippen LogP contribution in [-0.2, 0) is 10.0 Å². The van der Waals surface area contributed by atoms with Crippen molar-refractivity contribution < 1.29 is 13.2 Å². The van der Waals surface area contributed by atoms with Crippen LogP contribution >= 0.6 is 11.3 Å². The van der Waals surface area contributed by atoms with E-state index in [0.717, 1.165) is 12.8 Å². The number of hydrogen-bond donors (Lipinski definition) is 3. The summed E-state index contributed by atoms with van der Waals surface area (Å²) in [7, 11) is -3.70. The summed E-state index contributed by atoms with van der Waals surface area (Å²) < 4.78 is 28.5. The SMILES string of the molecule is NC(=O)c1nc(N2CCCCC2NS(=O)(=O)c2ccccc2)sc1Nc1ccccn1. The number of carbonyl (C=O) groups excluding carboxylic acids is 1. The molecular formula is C20H22N6O3S2. The summed E-state index contributed by atoms with van der Waals surface area (Å²) >= 11 is 1.24. The molecule has 4 N–H and O–H groups in total. The predicted molar refractivity (Wildman–Crippen MR) is 120 cm³/mol. The molecule has 1 atom stereocenters. The molecule has 0 bridgehead atoms. The van der Waals surface area contributed by atoms with Gasteiger partial charge in [0.1, 0.15) is 10.8 Å². The zero-order valence-corrected chi connectivity index (χ0v) is 18.2. The van der Waals surface area contributed by atoms with Gasteiger partial charge in [-0.05, 0) is 43.5 Å². The molecule has 1 fully saturated rings. The van der Waals surface area contributed by atoms with Crippen molar-refractivity contribution in [3.8, 4) is 0 Å². The van der Waals surface area contributed by atoms with E-state index in [1.165, 1.54) is 11.3 Å². The summed E-state index contributed by atoms with van der Waals surface area (Å²) in [4.78, 5) is 22.7. The van der Waals surface area contributed by atoms with Gasteiger partial charge in [-0.3, -0.25) is 4.79 Å². The molecule has 1 aromatic carbocycles. The second-order valence-corrected chi connectivity index (χ2v) is 9.71. The third-order valence-corrected chi connectivity index (χ3v) is 7.33. The summed E-state index contributed by atoms with van der Waals surface area (Å²) in [5, 5.41) is 4.07. The summed E-state index contributed by atoms with van der Waals surface area (Å²) in [6.45, 7) is 0.608. The number of carbonyl (C=O) groups is 1. The highest BCUT2D eigenvalue weighted by Crippen LogP contribution is 2.35. The number of aromatic nitrogens is 2. The van der Waals surface area contributed by atoms with Crippen molar-refractivity contribution in [2.24, 2.45) is 5.73 Å². The zero-order valence-electron chi connectivity index (χ0n) is 16.6. The zero-order chi connectivity index (χ0) is 21.8. The summed E-state index contributed by atoms with van der Waals surface area (Å²) in [6.07, 6.45) is 3.55. The minimum absolute atomic E-state index is 0.0980. The van der Waals surface area contributed by atoms with Crippen LogP contribution in [0.2, 0.25) is 0 Å². The topological polar surface area (TPSA) is 130 Å². The second-order valence-electron chi connectivity index (χ2n) is 7.02. The lowest BCUT2D eigenvalue weighted by molar-refractivity contribution is 0.0997. The molecule has 1 aliphatic heterocycles. The Morgan fingerprint density at radius 1 is 1.13 bits per heavy atom. The number of primary amides is 1. The van der Waals surface area contributed by atoms with Gasteiger partial charge in [0.25, 0.3) is 5.91 Å². The Balaban J connectivity index is 1.62. The number of pyridine rings is 1. The van der Waals surface area contributed by atoms with Gasteiger partial charge < -0.3 is 16.0 Å². The molecule has 2 aromatic heterocycles. The molecule has 0 aliphatic carbocycles. The van der Waals surface area contributed by atoms with Gasteiger partial charge in [0.2, 0.25) is 10.0 Å². The number of hydrogen-bond acceptors (Lipinski definition) is 8. The number of nitrogens with one attached hydrogen (secondary N) is 2. The molecule has 0 spiro atoms. The fourth-order valence-corrected chi connectivity index (χ4v) is 5.67. The predicted octanol–water partition coefficient (Wildman–Crippen LogP) is 2.68. The lowest BCUT2D eigenvalue weighted by Crippen LogP contribution is -2.50. The van der Waals surface area contributed by atoms with Gasteiger partial charge in [-0.25, -0.2) is 18.4 Å². The molecule has 162 valence electrons. The molecule has 31 heavy (non-hydrogen) atoms. The largest absolute Gasteiger partial charge is 0.364 e. The highest BCUT2D eigenvalue weighted by molar-refractivity contribution is 7.89.